The minimum atomic E-state index is -0.0160. The summed E-state index contributed by atoms with van der Waals surface area (Å²) < 4.78 is 5.65. The van der Waals surface area contributed by atoms with Crippen molar-refractivity contribution in [2.24, 2.45) is 11.8 Å². The fourth-order valence-electron chi connectivity index (χ4n) is 3.22. The molecule has 1 heterocycles. The zero-order chi connectivity index (χ0) is 14.7. The van der Waals surface area contributed by atoms with Crippen LogP contribution < -0.4 is 0 Å². The van der Waals surface area contributed by atoms with E-state index >= 15 is 0 Å². The van der Waals surface area contributed by atoms with Gasteiger partial charge in [-0.15, -0.1) is 0 Å². The Morgan fingerprint density at radius 2 is 1.95 bits per heavy atom. The molecule has 0 amide bonds. The number of nitrogens with zero attached hydrogens (tertiary/aromatic N) is 1. The van der Waals surface area contributed by atoms with Crippen molar-refractivity contribution in [3.8, 4) is 0 Å². The van der Waals surface area contributed by atoms with Crippen LogP contribution in [0.2, 0.25) is 0 Å². The van der Waals surface area contributed by atoms with Crippen LogP contribution in [0.5, 0.6) is 0 Å². The Balaban J connectivity index is 2.20. The van der Waals surface area contributed by atoms with Gasteiger partial charge in [-0.1, -0.05) is 17.2 Å². The van der Waals surface area contributed by atoms with Gasteiger partial charge in [0, 0.05) is 12.5 Å². The van der Waals surface area contributed by atoms with E-state index in [1.807, 2.05) is 14.1 Å². The molecule has 3 unspecified atom stereocenters. The maximum absolute atomic E-state index is 12.1. The molecule has 2 aliphatic rings. The van der Waals surface area contributed by atoms with E-state index in [1.54, 1.807) is 0 Å². The molecule has 0 aromatic rings. The van der Waals surface area contributed by atoms with Crippen LogP contribution in [0.25, 0.3) is 0 Å². The number of carbonyl (C=O) groups is 1. The summed E-state index contributed by atoms with van der Waals surface area (Å²) in [6.07, 6.45) is 8.80. The summed E-state index contributed by atoms with van der Waals surface area (Å²) in [5, 5.41) is 0. The van der Waals surface area contributed by atoms with Gasteiger partial charge in [-0.05, 0) is 59.7 Å². The predicted octanol–water partition coefficient (Wildman–Crippen LogP) is 3.17. The van der Waals surface area contributed by atoms with Gasteiger partial charge in [0.05, 0.1) is 5.92 Å². The molecule has 2 rings (SSSR count). The third-order valence-electron chi connectivity index (χ3n) is 4.41. The van der Waals surface area contributed by atoms with Gasteiger partial charge >= 0.3 is 5.97 Å². The molecule has 0 radical (unpaired) electrons. The first-order valence-electron chi connectivity index (χ1n) is 7.65. The number of hydrogen-bond donors (Lipinski definition) is 0. The van der Waals surface area contributed by atoms with Crippen molar-refractivity contribution in [2.75, 3.05) is 20.6 Å². The lowest BCUT2D eigenvalue weighted by molar-refractivity contribution is -0.143. The summed E-state index contributed by atoms with van der Waals surface area (Å²) in [6.45, 7) is 5.15. The quantitative estimate of drug-likeness (QED) is 0.573. The van der Waals surface area contributed by atoms with Crippen LogP contribution in [0, 0.1) is 11.8 Å². The molecule has 1 aliphatic carbocycles. The first kappa shape index (κ1) is 15.3. The number of allylic oxidation sites excluding steroid dienone is 3. The Labute approximate surface area is 122 Å². The monoisotopic (exact) mass is 277 g/mol. The molecule has 3 nitrogen and oxygen atoms in total. The standard InChI is InChI=1S/C17H27NO2/c1-12-6-5-7-14-15(11-18(3)4)17(19)20-16(14)10-13(2)9-8-12/h6,10,14-16H,5,7-9,11H2,1-4H3/b12-6-,13-10+. The van der Waals surface area contributed by atoms with Crippen LogP contribution in [0.1, 0.15) is 39.5 Å². The number of rotatable bonds is 2. The molecule has 1 aliphatic heterocycles. The summed E-state index contributed by atoms with van der Waals surface area (Å²) in [5.41, 5.74) is 2.80. The van der Waals surface area contributed by atoms with Crippen LogP contribution in [-0.2, 0) is 9.53 Å². The summed E-state index contributed by atoms with van der Waals surface area (Å²) in [4.78, 5) is 14.2. The van der Waals surface area contributed by atoms with Gasteiger partial charge in [-0.2, -0.15) is 0 Å². The summed E-state index contributed by atoms with van der Waals surface area (Å²) in [5.74, 6) is 0.326. The van der Waals surface area contributed by atoms with E-state index in [1.165, 1.54) is 11.1 Å². The second kappa shape index (κ2) is 6.57. The Bertz CT molecular complexity index is 423. The SMILES string of the molecule is C/C1=C/CCC2C(/C=C(\C)CC1)OC(=O)C2CN(C)C. The van der Waals surface area contributed by atoms with Crippen LogP contribution in [0.4, 0.5) is 0 Å². The Morgan fingerprint density at radius 3 is 2.65 bits per heavy atom. The lowest BCUT2D eigenvalue weighted by Gasteiger charge is -2.22. The van der Waals surface area contributed by atoms with Crippen molar-refractivity contribution in [3.05, 3.63) is 23.3 Å². The van der Waals surface area contributed by atoms with Gasteiger partial charge in [0.15, 0.2) is 0 Å². The average Bonchev–Trinajstić information content (AvgIpc) is 2.63. The molecule has 0 N–H and O–H groups in total. The largest absolute Gasteiger partial charge is 0.458 e. The van der Waals surface area contributed by atoms with E-state index in [0.717, 1.165) is 32.2 Å². The summed E-state index contributed by atoms with van der Waals surface area (Å²) in [7, 11) is 4.04. The molecular formula is C17H27NO2. The van der Waals surface area contributed by atoms with Gasteiger partial charge in [0.25, 0.3) is 0 Å². The van der Waals surface area contributed by atoms with E-state index in [9.17, 15) is 4.79 Å². The maximum Gasteiger partial charge on any atom is 0.311 e. The highest BCUT2D eigenvalue weighted by Crippen LogP contribution is 2.35. The van der Waals surface area contributed by atoms with Crippen molar-refractivity contribution >= 4 is 5.97 Å². The molecule has 20 heavy (non-hydrogen) atoms. The Hall–Kier alpha value is -1.09. The van der Waals surface area contributed by atoms with Crippen molar-refractivity contribution in [1.82, 2.24) is 4.90 Å². The van der Waals surface area contributed by atoms with Gasteiger partial charge in [-0.3, -0.25) is 4.79 Å². The molecule has 0 spiro atoms. The number of hydrogen-bond acceptors (Lipinski definition) is 3. The first-order chi connectivity index (χ1) is 9.47. The number of fused-ring (bicyclic) bond motifs is 1. The fraction of sp³-hybridized carbons (Fsp3) is 0.706. The third-order valence-corrected chi connectivity index (χ3v) is 4.41. The van der Waals surface area contributed by atoms with E-state index in [4.69, 9.17) is 4.74 Å². The highest BCUT2D eigenvalue weighted by Gasteiger charge is 2.43. The molecule has 1 saturated heterocycles. The van der Waals surface area contributed by atoms with Crippen molar-refractivity contribution < 1.29 is 9.53 Å². The molecule has 0 aromatic heterocycles. The lowest BCUT2D eigenvalue weighted by Crippen LogP contribution is -2.30. The minimum absolute atomic E-state index is 0.0146. The van der Waals surface area contributed by atoms with E-state index in [0.29, 0.717) is 5.92 Å². The lowest BCUT2D eigenvalue weighted by atomic mass is 9.84. The molecular weight excluding hydrogens is 250 g/mol. The van der Waals surface area contributed by atoms with E-state index < -0.39 is 0 Å². The molecule has 112 valence electrons. The first-order valence-corrected chi connectivity index (χ1v) is 7.65. The molecule has 0 bridgehead atoms. The topological polar surface area (TPSA) is 29.5 Å². The second-order valence-electron chi connectivity index (χ2n) is 6.57. The van der Waals surface area contributed by atoms with Gasteiger partial charge in [-0.25, -0.2) is 0 Å². The molecule has 1 fully saturated rings. The van der Waals surface area contributed by atoms with Gasteiger partial charge in [0.1, 0.15) is 6.10 Å². The van der Waals surface area contributed by atoms with E-state index in [2.05, 4.69) is 30.9 Å². The van der Waals surface area contributed by atoms with Crippen molar-refractivity contribution in [1.29, 1.82) is 0 Å². The third kappa shape index (κ3) is 3.72. The molecule has 3 atom stereocenters. The van der Waals surface area contributed by atoms with Crippen LogP contribution in [0.3, 0.4) is 0 Å². The number of ether oxygens (including phenoxy) is 1. The van der Waals surface area contributed by atoms with Crippen molar-refractivity contribution in [3.63, 3.8) is 0 Å². The zero-order valence-corrected chi connectivity index (χ0v) is 13.2. The number of esters is 1. The summed E-state index contributed by atoms with van der Waals surface area (Å²) >= 11 is 0. The normalized spacial score (nSPS) is 36.6. The van der Waals surface area contributed by atoms with Crippen LogP contribution in [-0.4, -0.2) is 37.6 Å². The number of carbonyl (C=O) groups excluding carboxylic acids is 1. The highest BCUT2D eigenvalue weighted by atomic mass is 16.6. The molecule has 0 aromatic carbocycles. The Morgan fingerprint density at radius 1 is 1.25 bits per heavy atom. The Kier molecular flexibility index (Phi) is 5.03. The maximum atomic E-state index is 12.1. The minimum Gasteiger partial charge on any atom is -0.458 e. The van der Waals surface area contributed by atoms with Crippen molar-refractivity contribution in [2.45, 2.75) is 45.6 Å². The smallest absolute Gasteiger partial charge is 0.311 e. The average molecular weight is 277 g/mol. The van der Waals surface area contributed by atoms with Crippen LogP contribution >= 0.6 is 0 Å². The summed E-state index contributed by atoms with van der Waals surface area (Å²) in [6, 6.07) is 0. The molecule has 3 heteroatoms. The van der Waals surface area contributed by atoms with Gasteiger partial charge < -0.3 is 9.64 Å². The van der Waals surface area contributed by atoms with Gasteiger partial charge in [0.2, 0.25) is 0 Å². The fourth-order valence-corrected chi connectivity index (χ4v) is 3.22. The van der Waals surface area contributed by atoms with Crippen LogP contribution in [0.15, 0.2) is 23.3 Å². The second-order valence-corrected chi connectivity index (χ2v) is 6.57. The molecule has 0 saturated carbocycles. The highest BCUT2D eigenvalue weighted by molar-refractivity contribution is 5.76. The predicted molar refractivity (Wildman–Crippen MR) is 81.4 cm³/mol. The zero-order valence-electron chi connectivity index (χ0n) is 13.2. The van der Waals surface area contributed by atoms with E-state index in [-0.39, 0.29) is 18.0 Å².